The number of rotatable bonds is 0. The first-order valence-electron chi connectivity index (χ1n) is 3.03. The van der Waals surface area contributed by atoms with E-state index in [9.17, 15) is 0 Å². The van der Waals surface area contributed by atoms with E-state index in [1.54, 1.807) is 0 Å². The molecule has 0 unspecified atom stereocenters. The molecule has 2 nitrogen and oxygen atoms in total. The standard InChI is InChI=1S/C7H6N2S.H2/c10-7-8-5-3-1-2-4-6(5)9-7;/h1-4H,(H2,8,9,10);1H. The molecule has 2 aromatic rings. The molecule has 0 saturated carbocycles. The molecule has 0 bridgehead atoms. The molecule has 52 valence electrons. The van der Waals surface area contributed by atoms with Gasteiger partial charge in [0.1, 0.15) is 0 Å². The van der Waals surface area contributed by atoms with Gasteiger partial charge in [-0.25, -0.2) is 0 Å². The van der Waals surface area contributed by atoms with Gasteiger partial charge in [-0.15, -0.1) is 0 Å². The number of fused-ring (bicyclic) bond motifs is 1. The molecule has 10 heavy (non-hydrogen) atoms. The van der Waals surface area contributed by atoms with E-state index in [0.29, 0.717) is 4.77 Å². The van der Waals surface area contributed by atoms with Crippen molar-refractivity contribution < 1.29 is 1.43 Å². The third-order valence-corrected chi connectivity index (χ3v) is 1.63. The molecule has 0 aliphatic rings. The Morgan fingerprint density at radius 3 is 2.10 bits per heavy atom. The number of aromatic nitrogens is 2. The van der Waals surface area contributed by atoms with Crippen LogP contribution in [0.25, 0.3) is 11.0 Å². The van der Waals surface area contributed by atoms with Crippen LogP contribution < -0.4 is 0 Å². The van der Waals surface area contributed by atoms with Crippen LogP contribution in [-0.2, 0) is 0 Å². The monoisotopic (exact) mass is 152 g/mol. The minimum atomic E-state index is 0. The molecule has 1 aromatic carbocycles. The van der Waals surface area contributed by atoms with Gasteiger partial charge in [-0.1, -0.05) is 12.1 Å². The van der Waals surface area contributed by atoms with Gasteiger partial charge in [-0.2, -0.15) is 0 Å². The minimum absolute atomic E-state index is 0. The van der Waals surface area contributed by atoms with Crippen molar-refractivity contribution in [3.05, 3.63) is 29.0 Å². The lowest BCUT2D eigenvalue weighted by Crippen LogP contribution is -1.63. The highest BCUT2D eigenvalue weighted by Crippen LogP contribution is 2.06. The Bertz CT molecular complexity index is 368. The van der Waals surface area contributed by atoms with Gasteiger partial charge >= 0.3 is 0 Å². The average Bonchev–Trinajstić information content (AvgIpc) is 2.27. The molecule has 0 fully saturated rings. The maximum Gasteiger partial charge on any atom is 0.175 e. The van der Waals surface area contributed by atoms with Crippen LogP contribution in [0.2, 0.25) is 0 Å². The molecule has 0 aliphatic carbocycles. The van der Waals surface area contributed by atoms with Gasteiger partial charge in [-0.05, 0) is 24.4 Å². The third kappa shape index (κ3) is 0.752. The second-order valence-electron chi connectivity index (χ2n) is 2.12. The van der Waals surface area contributed by atoms with Gasteiger partial charge in [0.25, 0.3) is 0 Å². The second kappa shape index (κ2) is 1.95. The van der Waals surface area contributed by atoms with Crippen LogP contribution in [0.1, 0.15) is 1.43 Å². The number of imidazole rings is 1. The Morgan fingerprint density at radius 1 is 1.10 bits per heavy atom. The van der Waals surface area contributed by atoms with E-state index in [1.165, 1.54) is 0 Å². The smallest absolute Gasteiger partial charge is 0.175 e. The fourth-order valence-corrected chi connectivity index (χ4v) is 1.20. The lowest BCUT2D eigenvalue weighted by Gasteiger charge is -1.82. The SMILES string of the molecule is S=c1[nH]c2ccccc2[nH]1.[HH]. The summed E-state index contributed by atoms with van der Waals surface area (Å²) in [6, 6.07) is 7.92. The number of aromatic amines is 2. The lowest BCUT2D eigenvalue weighted by atomic mass is 10.3. The van der Waals surface area contributed by atoms with Gasteiger partial charge in [0.2, 0.25) is 0 Å². The number of nitrogens with one attached hydrogen (secondary N) is 2. The van der Waals surface area contributed by atoms with E-state index in [1.807, 2.05) is 24.3 Å². The molecule has 0 spiro atoms. The van der Waals surface area contributed by atoms with Crippen molar-refractivity contribution in [2.45, 2.75) is 0 Å². The van der Waals surface area contributed by atoms with Gasteiger partial charge in [0.05, 0.1) is 11.0 Å². The van der Waals surface area contributed by atoms with Crippen molar-refractivity contribution in [3.8, 4) is 0 Å². The van der Waals surface area contributed by atoms with Gasteiger partial charge in [-0.3, -0.25) is 0 Å². The molecule has 1 heterocycles. The largest absolute Gasteiger partial charge is 0.331 e. The number of hydrogen-bond acceptors (Lipinski definition) is 1. The Labute approximate surface area is 64.4 Å². The minimum Gasteiger partial charge on any atom is -0.331 e. The van der Waals surface area contributed by atoms with Crippen molar-refractivity contribution >= 4 is 23.3 Å². The highest BCUT2D eigenvalue weighted by molar-refractivity contribution is 7.71. The molecule has 0 saturated heterocycles. The summed E-state index contributed by atoms with van der Waals surface area (Å²) in [7, 11) is 0. The van der Waals surface area contributed by atoms with Gasteiger partial charge < -0.3 is 9.97 Å². The summed E-state index contributed by atoms with van der Waals surface area (Å²) >= 11 is 4.90. The molecule has 0 radical (unpaired) electrons. The van der Waals surface area contributed by atoms with Gasteiger partial charge in [0.15, 0.2) is 4.77 Å². The maximum absolute atomic E-state index is 4.90. The van der Waals surface area contributed by atoms with Crippen LogP contribution in [0.5, 0.6) is 0 Å². The van der Waals surface area contributed by atoms with Gasteiger partial charge in [0, 0.05) is 1.43 Å². The quantitative estimate of drug-likeness (QED) is 0.558. The van der Waals surface area contributed by atoms with Crippen LogP contribution in [-0.4, -0.2) is 9.97 Å². The predicted molar refractivity (Wildman–Crippen MR) is 45.6 cm³/mol. The summed E-state index contributed by atoms with van der Waals surface area (Å²) in [4.78, 5) is 6.04. The van der Waals surface area contributed by atoms with E-state index < -0.39 is 0 Å². The van der Waals surface area contributed by atoms with Crippen LogP contribution in [0.3, 0.4) is 0 Å². The Kier molecular flexibility index (Phi) is 1.11. The highest BCUT2D eigenvalue weighted by Gasteiger charge is 1.90. The molecule has 3 heteroatoms. The highest BCUT2D eigenvalue weighted by atomic mass is 32.1. The predicted octanol–water partition coefficient (Wildman–Crippen LogP) is 2.47. The zero-order valence-electron chi connectivity index (χ0n) is 5.22. The molecule has 2 rings (SSSR count). The molecule has 2 N–H and O–H groups in total. The van der Waals surface area contributed by atoms with Crippen LogP contribution >= 0.6 is 12.2 Å². The lowest BCUT2D eigenvalue weighted by molar-refractivity contribution is 1.30. The number of hydrogen-bond donors (Lipinski definition) is 2. The van der Waals surface area contributed by atoms with E-state index in [4.69, 9.17) is 12.2 Å². The van der Waals surface area contributed by atoms with E-state index in [0.717, 1.165) is 11.0 Å². The fraction of sp³-hybridized carbons (Fsp3) is 0. The summed E-state index contributed by atoms with van der Waals surface area (Å²) in [5.41, 5.74) is 2.13. The van der Waals surface area contributed by atoms with Crippen molar-refractivity contribution in [2.75, 3.05) is 0 Å². The zero-order valence-corrected chi connectivity index (χ0v) is 6.03. The molecule has 0 atom stereocenters. The third-order valence-electron chi connectivity index (χ3n) is 1.42. The first-order chi connectivity index (χ1) is 4.86. The Morgan fingerprint density at radius 2 is 1.60 bits per heavy atom. The zero-order chi connectivity index (χ0) is 6.97. The molecule has 0 aliphatic heterocycles. The maximum atomic E-state index is 4.90. The van der Waals surface area contributed by atoms with Crippen LogP contribution in [0.4, 0.5) is 0 Å². The van der Waals surface area contributed by atoms with Crippen LogP contribution in [0, 0.1) is 4.77 Å². The number of benzene rings is 1. The first kappa shape index (κ1) is 5.68. The van der Waals surface area contributed by atoms with E-state index in [2.05, 4.69) is 9.97 Å². The summed E-state index contributed by atoms with van der Waals surface area (Å²) < 4.78 is 0.682. The number of para-hydroxylation sites is 2. The second-order valence-corrected chi connectivity index (χ2v) is 2.53. The first-order valence-corrected chi connectivity index (χ1v) is 3.44. The Balaban J connectivity index is 0.000000605. The molecule has 0 amide bonds. The summed E-state index contributed by atoms with van der Waals surface area (Å²) in [5.74, 6) is 0. The summed E-state index contributed by atoms with van der Waals surface area (Å²) in [5, 5.41) is 0. The Hall–Kier alpha value is -1.09. The fourth-order valence-electron chi connectivity index (χ4n) is 0.977. The molecular weight excluding hydrogens is 144 g/mol. The summed E-state index contributed by atoms with van der Waals surface area (Å²) in [6.45, 7) is 0. The molecular formula is C7H8N2S. The average molecular weight is 152 g/mol. The van der Waals surface area contributed by atoms with Crippen molar-refractivity contribution in [1.82, 2.24) is 9.97 Å². The summed E-state index contributed by atoms with van der Waals surface area (Å²) in [6.07, 6.45) is 0. The number of H-pyrrole nitrogens is 2. The van der Waals surface area contributed by atoms with Crippen molar-refractivity contribution in [1.29, 1.82) is 0 Å². The van der Waals surface area contributed by atoms with Crippen LogP contribution in [0.15, 0.2) is 24.3 Å². The van der Waals surface area contributed by atoms with E-state index >= 15 is 0 Å². The van der Waals surface area contributed by atoms with E-state index in [-0.39, 0.29) is 1.43 Å². The van der Waals surface area contributed by atoms with Crippen molar-refractivity contribution in [3.63, 3.8) is 0 Å². The van der Waals surface area contributed by atoms with Crippen molar-refractivity contribution in [2.24, 2.45) is 0 Å². The topological polar surface area (TPSA) is 31.6 Å². The normalized spacial score (nSPS) is 10.4. The molecule has 1 aromatic heterocycles.